The monoisotopic (exact) mass is 374 g/mol. The van der Waals surface area contributed by atoms with Crippen LogP contribution < -0.4 is 0 Å². The fourth-order valence-corrected chi connectivity index (χ4v) is 3.67. The zero-order valence-corrected chi connectivity index (χ0v) is 16.8. The zero-order chi connectivity index (χ0) is 20.4. The molecule has 3 aromatic rings. The summed E-state index contributed by atoms with van der Waals surface area (Å²) in [4.78, 5) is 11.7. The average Bonchev–Trinajstić information content (AvgIpc) is 2.62. The average molecular weight is 374 g/mol. The fraction of sp³-hybridized carbons (Fsp3) is 0.240. The number of aromatic carboxylic acids is 1. The van der Waals surface area contributed by atoms with Crippen LogP contribution in [0, 0.1) is 27.7 Å². The van der Waals surface area contributed by atoms with Crippen LogP contribution in [0.25, 0.3) is 0 Å². The molecule has 0 heterocycles. The van der Waals surface area contributed by atoms with E-state index in [0.717, 1.165) is 22.3 Å². The minimum atomic E-state index is -1.11. The molecule has 0 aliphatic rings. The van der Waals surface area contributed by atoms with Crippen molar-refractivity contribution in [1.29, 1.82) is 0 Å². The molecule has 0 radical (unpaired) electrons. The van der Waals surface area contributed by atoms with Crippen molar-refractivity contribution in [3.63, 3.8) is 0 Å². The predicted octanol–water partition coefficient (Wildman–Crippen LogP) is 5.51. The molecular formula is C25H26O3. The Hall–Kier alpha value is -3.07. The quantitative estimate of drug-likeness (QED) is 0.619. The third-order valence-corrected chi connectivity index (χ3v) is 5.25. The summed E-state index contributed by atoms with van der Waals surface area (Å²) in [5.74, 6) is -1.25. The van der Waals surface area contributed by atoms with Gasteiger partial charge in [-0.15, -0.1) is 0 Å². The SMILES string of the molecule is Cc1ccc(Cc2cc(Cc3ccc(C)cc3C)c(O)c(C(=O)O)c2)c(C)c1. The molecule has 0 atom stereocenters. The van der Waals surface area contributed by atoms with Gasteiger partial charge < -0.3 is 10.2 Å². The fourth-order valence-electron chi connectivity index (χ4n) is 3.67. The van der Waals surface area contributed by atoms with Gasteiger partial charge in [0, 0.05) is 6.42 Å². The van der Waals surface area contributed by atoms with E-state index in [4.69, 9.17) is 0 Å². The van der Waals surface area contributed by atoms with Gasteiger partial charge in [0.25, 0.3) is 0 Å². The van der Waals surface area contributed by atoms with Crippen molar-refractivity contribution < 1.29 is 15.0 Å². The molecular weight excluding hydrogens is 348 g/mol. The first kappa shape index (κ1) is 19.7. The first-order chi connectivity index (χ1) is 13.2. The second-order valence-electron chi connectivity index (χ2n) is 7.67. The molecule has 0 spiro atoms. The molecule has 0 unspecified atom stereocenters. The Kier molecular flexibility index (Phi) is 5.55. The highest BCUT2D eigenvalue weighted by atomic mass is 16.4. The Bertz CT molecular complexity index is 1050. The minimum absolute atomic E-state index is 0.0398. The number of carboxylic acids is 1. The summed E-state index contributed by atoms with van der Waals surface area (Å²) in [5.41, 5.74) is 8.44. The van der Waals surface area contributed by atoms with Gasteiger partial charge in [-0.25, -0.2) is 4.79 Å². The smallest absolute Gasteiger partial charge is 0.339 e. The Morgan fingerprint density at radius 3 is 1.79 bits per heavy atom. The van der Waals surface area contributed by atoms with Gasteiger partial charge in [0.1, 0.15) is 11.3 Å². The lowest BCUT2D eigenvalue weighted by atomic mass is 9.92. The Balaban J connectivity index is 2.03. The lowest BCUT2D eigenvalue weighted by Gasteiger charge is -2.14. The molecule has 3 rings (SSSR count). The Morgan fingerprint density at radius 1 is 0.750 bits per heavy atom. The van der Waals surface area contributed by atoms with Crippen LogP contribution in [-0.2, 0) is 12.8 Å². The third-order valence-electron chi connectivity index (χ3n) is 5.25. The second-order valence-corrected chi connectivity index (χ2v) is 7.67. The number of rotatable bonds is 5. The van der Waals surface area contributed by atoms with Gasteiger partial charge in [-0.2, -0.15) is 0 Å². The molecule has 2 N–H and O–H groups in total. The Morgan fingerprint density at radius 2 is 1.29 bits per heavy atom. The van der Waals surface area contributed by atoms with Crippen LogP contribution in [-0.4, -0.2) is 16.2 Å². The topological polar surface area (TPSA) is 57.5 Å². The van der Waals surface area contributed by atoms with Gasteiger partial charge in [0.15, 0.2) is 0 Å². The number of phenols is 1. The maximum Gasteiger partial charge on any atom is 0.339 e. The minimum Gasteiger partial charge on any atom is -0.507 e. The predicted molar refractivity (Wildman–Crippen MR) is 113 cm³/mol. The summed E-state index contributed by atoms with van der Waals surface area (Å²) in [5, 5.41) is 20.1. The number of carbonyl (C=O) groups is 1. The number of aromatic hydroxyl groups is 1. The van der Waals surface area contributed by atoms with E-state index >= 15 is 0 Å². The van der Waals surface area contributed by atoms with Gasteiger partial charge in [-0.3, -0.25) is 0 Å². The van der Waals surface area contributed by atoms with E-state index in [0.29, 0.717) is 18.4 Å². The zero-order valence-electron chi connectivity index (χ0n) is 16.8. The van der Waals surface area contributed by atoms with E-state index in [1.54, 1.807) is 6.07 Å². The largest absolute Gasteiger partial charge is 0.507 e. The number of hydrogen-bond donors (Lipinski definition) is 2. The van der Waals surface area contributed by atoms with Crippen molar-refractivity contribution in [2.24, 2.45) is 0 Å². The van der Waals surface area contributed by atoms with Gasteiger partial charge in [0.05, 0.1) is 0 Å². The van der Waals surface area contributed by atoms with Crippen molar-refractivity contribution in [2.45, 2.75) is 40.5 Å². The van der Waals surface area contributed by atoms with E-state index in [2.05, 4.69) is 38.1 Å². The van der Waals surface area contributed by atoms with Crippen LogP contribution in [0.15, 0.2) is 48.5 Å². The summed E-state index contributed by atoms with van der Waals surface area (Å²) < 4.78 is 0. The van der Waals surface area contributed by atoms with Crippen molar-refractivity contribution in [3.05, 3.63) is 98.6 Å². The number of benzene rings is 3. The van der Waals surface area contributed by atoms with E-state index in [1.807, 2.05) is 32.0 Å². The molecule has 0 fully saturated rings. The van der Waals surface area contributed by atoms with Crippen LogP contribution >= 0.6 is 0 Å². The maximum atomic E-state index is 11.7. The summed E-state index contributed by atoms with van der Waals surface area (Å²) in [6.45, 7) is 8.21. The van der Waals surface area contributed by atoms with Crippen molar-refractivity contribution in [2.75, 3.05) is 0 Å². The van der Waals surface area contributed by atoms with E-state index in [1.165, 1.54) is 16.7 Å². The molecule has 0 saturated carbocycles. The molecule has 0 amide bonds. The lowest BCUT2D eigenvalue weighted by Crippen LogP contribution is -2.04. The van der Waals surface area contributed by atoms with Crippen LogP contribution in [0.2, 0.25) is 0 Å². The van der Waals surface area contributed by atoms with Crippen LogP contribution in [0.3, 0.4) is 0 Å². The normalized spacial score (nSPS) is 10.9. The van der Waals surface area contributed by atoms with Crippen LogP contribution in [0.5, 0.6) is 5.75 Å². The summed E-state index contributed by atoms with van der Waals surface area (Å²) in [6.07, 6.45) is 1.13. The highest BCUT2D eigenvalue weighted by molar-refractivity contribution is 5.91. The molecule has 28 heavy (non-hydrogen) atoms. The third kappa shape index (κ3) is 4.25. The number of carboxylic acid groups (broad SMARTS) is 1. The van der Waals surface area contributed by atoms with E-state index in [9.17, 15) is 15.0 Å². The highest BCUT2D eigenvalue weighted by Crippen LogP contribution is 2.29. The van der Waals surface area contributed by atoms with Crippen molar-refractivity contribution in [3.8, 4) is 5.75 Å². The molecule has 0 aliphatic carbocycles. The standard InChI is InChI=1S/C25H26O3/c1-15-5-7-20(17(3)9-15)11-19-12-22(24(26)23(13-19)25(27)28)14-21-8-6-16(2)10-18(21)4/h5-10,12-13,26H,11,14H2,1-4H3,(H,27,28). The molecule has 0 aliphatic heterocycles. The molecule has 0 aromatic heterocycles. The first-order valence-electron chi connectivity index (χ1n) is 9.45. The summed E-state index contributed by atoms with van der Waals surface area (Å²) >= 11 is 0. The van der Waals surface area contributed by atoms with Gasteiger partial charge >= 0.3 is 5.97 Å². The summed E-state index contributed by atoms with van der Waals surface area (Å²) in [7, 11) is 0. The lowest BCUT2D eigenvalue weighted by molar-refractivity contribution is 0.0693. The highest BCUT2D eigenvalue weighted by Gasteiger charge is 2.17. The molecule has 0 bridgehead atoms. The van der Waals surface area contributed by atoms with Gasteiger partial charge in [-0.1, -0.05) is 53.6 Å². The van der Waals surface area contributed by atoms with E-state index in [-0.39, 0.29) is 11.3 Å². The van der Waals surface area contributed by atoms with Gasteiger partial charge in [-0.05, 0) is 73.6 Å². The number of hydrogen-bond acceptors (Lipinski definition) is 2. The van der Waals surface area contributed by atoms with Crippen LogP contribution in [0.4, 0.5) is 0 Å². The maximum absolute atomic E-state index is 11.7. The molecule has 3 nitrogen and oxygen atoms in total. The molecule has 0 saturated heterocycles. The molecule has 3 aromatic carbocycles. The van der Waals surface area contributed by atoms with E-state index < -0.39 is 5.97 Å². The first-order valence-corrected chi connectivity index (χ1v) is 9.45. The summed E-state index contributed by atoms with van der Waals surface area (Å²) in [6, 6.07) is 16.0. The number of aryl methyl sites for hydroxylation is 4. The van der Waals surface area contributed by atoms with Gasteiger partial charge in [0.2, 0.25) is 0 Å². The van der Waals surface area contributed by atoms with Crippen molar-refractivity contribution >= 4 is 5.97 Å². The second kappa shape index (κ2) is 7.89. The van der Waals surface area contributed by atoms with Crippen LogP contribution in [0.1, 0.15) is 54.9 Å². The Labute approximate surface area is 166 Å². The molecule has 144 valence electrons. The van der Waals surface area contributed by atoms with Crippen molar-refractivity contribution in [1.82, 2.24) is 0 Å². The molecule has 3 heteroatoms.